The average Bonchev–Trinajstić information content (AvgIpc) is 2.44. The molecule has 0 aliphatic heterocycles. The van der Waals surface area contributed by atoms with Gasteiger partial charge in [0, 0.05) is 0 Å². The minimum absolute atomic E-state index is 0.287. The molecule has 0 saturated heterocycles. The summed E-state index contributed by atoms with van der Waals surface area (Å²) >= 11 is 0. The molecule has 1 atom stereocenters. The van der Waals surface area contributed by atoms with E-state index < -0.39 is 0 Å². The van der Waals surface area contributed by atoms with Crippen LogP contribution in [-0.4, -0.2) is 6.54 Å². The maximum absolute atomic E-state index is 3.69. The first-order valence-electron chi connectivity index (χ1n) is 7.49. The highest BCUT2D eigenvalue weighted by atomic mass is 14.9. The molecular weight excluding hydrogens is 242 g/mol. The van der Waals surface area contributed by atoms with Gasteiger partial charge in [0.05, 0.1) is 6.04 Å². The van der Waals surface area contributed by atoms with Gasteiger partial charge in [-0.05, 0) is 50.4 Å². The molecule has 0 fully saturated rings. The van der Waals surface area contributed by atoms with Crippen molar-refractivity contribution in [3.63, 3.8) is 0 Å². The Balaban J connectivity index is 2.41. The van der Waals surface area contributed by atoms with Gasteiger partial charge >= 0.3 is 0 Å². The molecule has 0 aliphatic carbocycles. The Morgan fingerprint density at radius 1 is 0.900 bits per heavy atom. The fourth-order valence-electron chi connectivity index (χ4n) is 2.53. The van der Waals surface area contributed by atoms with Crippen molar-refractivity contribution in [2.24, 2.45) is 0 Å². The van der Waals surface area contributed by atoms with Crippen molar-refractivity contribution in [2.75, 3.05) is 6.54 Å². The maximum atomic E-state index is 3.69. The van der Waals surface area contributed by atoms with E-state index in [0.717, 1.165) is 13.0 Å². The first-order chi connectivity index (χ1) is 9.61. The second-order valence-corrected chi connectivity index (χ2v) is 5.66. The van der Waals surface area contributed by atoms with Crippen LogP contribution in [-0.2, 0) is 0 Å². The van der Waals surface area contributed by atoms with Gasteiger partial charge in [0.25, 0.3) is 0 Å². The van der Waals surface area contributed by atoms with E-state index in [1.165, 1.54) is 27.8 Å². The van der Waals surface area contributed by atoms with Gasteiger partial charge in [-0.15, -0.1) is 0 Å². The molecule has 0 heterocycles. The van der Waals surface area contributed by atoms with Crippen molar-refractivity contribution in [2.45, 2.75) is 40.2 Å². The maximum Gasteiger partial charge on any atom is 0.0579 e. The lowest BCUT2D eigenvalue weighted by Gasteiger charge is -2.22. The lowest BCUT2D eigenvalue weighted by atomic mass is 9.93. The Morgan fingerprint density at radius 2 is 1.55 bits per heavy atom. The monoisotopic (exact) mass is 267 g/mol. The van der Waals surface area contributed by atoms with Gasteiger partial charge in [-0.2, -0.15) is 0 Å². The summed E-state index contributed by atoms with van der Waals surface area (Å²) < 4.78 is 0. The van der Waals surface area contributed by atoms with E-state index in [1.807, 2.05) is 0 Å². The first-order valence-corrected chi connectivity index (χ1v) is 7.49. The van der Waals surface area contributed by atoms with Crippen molar-refractivity contribution in [3.05, 3.63) is 70.3 Å². The number of hydrogen-bond donors (Lipinski definition) is 1. The second-order valence-electron chi connectivity index (χ2n) is 5.66. The highest BCUT2D eigenvalue weighted by Gasteiger charge is 2.15. The molecule has 0 radical (unpaired) electrons. The summed E-state index contributed by atoms with van der Waals surface area (Å²) in [6.07, 6.45) is 1.15. The predicted octanol–water partition coefficient (Wildman–Crippen LogP) is 4.70. The molecule has 0 aliphatic rings. The average molecular weight is 267 g/mol. The molecule has 2 aromatic rings. The first kappa shape index (κ1) is 14.8. The topological polar surface area (TPSA) is 12.0 Å². The lowest BCUT2D eigenvalue weighted by Crippen LogP contribution is -2.24. The Bertz CT molecular complexity index is 554. The fraction of sp³-hybridized carbons (Fsp3) is 0.368. The normalized spacial score (nSPS) is 12.4. The molecule has 2 aromatic carbocycles. The molecule has 0 aromatic heterocycles. The van der Waals surface area contributed by atoms with Crippen LogP contribution >= 0.6 is 0 Å². The molecule has 0 spiro atoms. The SMILES string of the molecule is CCCNC(c1ccc(C)cc1)c1cc(C)ccc1C. The molecule has 0 saturated carbocycles. The van der Waals surface area contributed by atoms with Crippen LogP contribution in [0.15, 0.2) is 42.5 Å². The zero-order valence-corrected chi connectivity index (χ0v) is 13.0. The van der Waals surface area contributed by atoms with Gasteiger partial charge in [-0.1, -0.05) is 60.5 Å². The molecule has 1 unspecified atom stereocenters. The van der Waals surface area contributed by atoms with Crippen LogP contribution in [0.3, 0.4) is 0 Å². The molecule has 20 heavy (non-hydrogen) atoms. The van der Waals surface area contributed by atoms with E-state index in [2.05, 4.69) is 75.5 Å². The molecule has 1 nitrogen and oxygen atoms in total. The largest absolute Gasteiger partial charge is 0.306 e. The molecular formula is C19H25N. The van der Waals surface area contributed by atoms with Crippen LogP contribution in [0.4, 0.5) is 0 Å². The third-order valence-corrected chi connectivity index (χ3v) is 3.75. The Hall–Kier alpha value is -1.60. The minimum Gasteiger partial charge on any atom is -0.306 e. The Kier molecular flexibility index (Phi) is 4.97. The van der Waals surface area contributed by atoms with E-state index >= 15 is 0 Å². The van der Waals surface area contributed by atoms with E-state index in [0.29, 0.717) is 0 Å². The van der Waals surface area contributed by atoms with E-state index in [4.69, 9.17) is 0 Å². The van der Waals surface area contributed by atoms with Crippen LogP contribution in [0.2, 0.25) is 0 Å². The fourth-order valence-corrected chi connectivity index (χ4v) is 2.53. The van der Waals surface area contributed by atoms with Crippen LogP contribution in [0, 0.1) is 20.8 Å². The highest BCUT2D eigenvalue weighted by Crippen LogP contribution is 2.26. The number of rotatable bonds is 5. The molecule has 2 rings (SSSR count). The van der Waals surface area contributed by atoms with Gasteiger partial charge in [-0.3, -0.25) is 0 Å². The number of benzene rings is 2. The van der Waals surface area contributed by atoms with Gasteiger partial charge in [0.1, 0.15) is 0 Å². The summed E-state index contributed by atoms with van der Waals surface area (Å²) in [5.41, 5.74) is 6.72. The molecule has 1 heteroatoms. The summed E-state index contributed by atoms with van der Waals surface area (Å²) in [7, 11) is 0. The van der Waals surface area contributed by atoms with Gasteiger partial charge in [0.15, 0.2) is 0 Å². The van der Waals surface area contributed by atoms with Crippen molar-refractivity contribution < 1.29 is 0 Å². The quantitative estimate of drug-likeness (QED) is 0.828. The number of aryl methyl sites for hydroxylation is 3. The second kappa shape index (κ2) is 6.71. The molecule has 106 valence electrons. The zero-order chi connectivity index (χ0) is 14.5. The third kappa shape index (κ3) is 3.49. The van der Waals surface area contributed by atoms with E-state index in [-0.39, 0.29) is 6.04 Å². The van der Waals surface area contributed by atoms with Crippen LogP contribution < -0.4 is 5.32 Å². The zero-order valence-electron chi connectivity index (χ0n) is 13.0. The van der Waals surface area contributed by atoms with Crippen LogP contribution in [0.1, 0.15) is 47.2 Å². The molecule has 0 bridgehead atoms. The standard InChI is InChI=1S/C19H25N/c1-5-12-20-19(17-10-7-14(2)8-11-17)18-13-15(3)6-9-16(18)4/h6-11,13,19-20H,5,12H2,1-4H3. The predicted molar refractivity (Wildman–Crippen MR) is 87.2 cm³/mol. The number of nitrogens with one attached hydrogen (secondary N) is 1. The van der Waals surface area contributed by atoms with Gasteiger partial charge in [0.2, 0.25) is 0 Å². The van der Waals surface area contributed by atoms with Crippen LogP contribution in [0.25, 0.3) is 0 Å². The minimum atomic E-state index is 0.287. The third-order valence-electron chi connectivity index (χ3n) is 3.75. The summed E-state index contributed by atoms with van der Waals surface area (Å²) in [5.74, 6) is 0. The van der Waals surface area contributed by atoms with Crippen molar-refractivity contribution in [1.82, 2.24) is 5.32 Å². The summed E-state index contributed by atoms with van der Waals surface area (Å²) in [6, 6.07) is 15.9. The molecule has 0 amide bonds. The van der Waals surface area contributed by atoms with Gasteiger partial charge < -0.3 is 5.32 Å². The van der Waals surface area contributed by atoms with Gasteiger partial charge in [-0.25, -0.2) is 0 Å². The van der Waals surface area contributed by atoms with Crippen molar-refractivity contribution in [3.8, 4) is 0 Å². The summed E-state index contributed by atoms with van der Waals surface area (Å²) in [4.78, 5) is 0. The Morgan fingerprint density at radius 3 is 2.20 bits per heavy atom. The number of hydrogen-bond acceptors (Lipinski definition) is 1. The smallest absolute Gasteiger partial charge is 0.0579 e. The van der Waals surface area contributed by atoms with E-state index in [1.54, 1.807) is 0 Å². The molecule has 1 N–H and O–H groups in total. The van der Waals surface area contributed by atoms with Crippen molar-refractivity contribution >= 4 is 0 Å². The van der Waals surface area contributed by atoms with Crippen LogP contribution in [0.5, 0.6) is 0 Å². The lowest BCUT2D eigenvalue weighted by molar-refractivity contribution is 0.596. The summed E-state index contributed by atoms with van der Waals surface area (Å²) in [6.45, 7) is 9.74. The summed E-state index contributed by atoms with van der Waals surface area (Å²) in [5, 5.41) is 3.69. The van der Waals surface area contributed by atoms with Crippen molar-refractivity contribution in [1.29, 1.82) is 0 Å². The van der Waals surface area contributed by atoms with E-state index in [9.17, 15) is 0 Å². The Labute approximate surface area is 123 Å². The highest BCUT2D eigenvalue weighted by molar-refractivity contribution is 5.39.